The molecule has 3 aromatic rings. The molecule has 0 saturated carbocycles. The third-order valence-electron chi connectivity index (χ3n) is 4.06. The lowest BCUT2D eigenvalue weighted by Crippen LogP contribution is -2.24. The quantitative estimate of drug-likeness (QED) is 0.682. The number of aromatic nitrogens is 2. The van der Waals surface area contributed by atoms with Crippen LogP contribution in [-0.2, 0) is 12.1 Å². The topological polar surface area (TPSA) is 84.3 Å². The summed E-state index contributed by atoms with van der Waals surface area (Å²) in [4.78, 5) is 20.4. The van der Waals surface area contributed by atoms with Crippen LogP contribution in [0.5, 0.6) is 11.6 Å². The second-order valence-corrected chi connectivity index (χ2v) is 6.74. The summed E-state index contributed by atoms with van der Waals surface area (Å²) in [5, 5.41) is 12.8. The minimum atomic E-state index is -0.921. The van der Waals surface area contributed by atoms with Crippen molar-refractivity contribution in [2.45, 2.75) is 26.0 Å². The molecule has 0 atom stereocenters. The summed E-state index contributed by atoms with van der Waals surface area (Å²) >= 11 is 0. The molecule has 0 saturated heterocycles. The molecule has 0 aliphatic heterocycles. The molecule has 2 aromatic carbocycles. The van der Waals surface area contributed by atoms with Gasteiger partial charge >= 0.3 is 0 Å². The Morgan fingerprint density at radius 2 is 1.82 bits per heavy atom. The maximum Gasteiger partial charge on any atom is 0.258 e. The van der Waals surface area contributed by atoms with Gasteiger partial charge in [-0.15, -0.1) is 0 Å². The van der Waals surface area contributed by atoms with Crippen LogP contribution >= 0.6 is 0 Å². The summed E-state index contributed by atoms with van der Waals surface area (Å²) in [7, 11) is 0. The van der Waals surface area contributed by atoms with E-state index >= 15 is 0 Å². The average molecular weight is 381 g/mol. The lowest BCUT2D eigenvalue weighted by Gasteiger charge is -2.18. The molecular formula is C21H20FN3O3. The minimum absolute atomic E-state index is 0.0801. The van der Waals surface area contributed by atoms with Crippen LogP contribution in [0.1, 0.15) is 35.3 Å². The van der Waals surface area contributed by atoms with Crippen molar-refractivity contribution in [3.8, 4) is 11.6 Å². The molecule has 0 unspecified atom stereocenters. The molecule has 0 spiro atoms. The number of benzene rings is 2. The Bertz CT molecular complexity index is 952. The van der Waals surface area contributed by atoms with Crippen LogP contribution in [0.4, 0.5) is 4.39 Å². The first-order chi connectivity index (χ1) is 13.3. The zero-order chi connectivity index (χ0) is 20.1. The van der Waals surface area contributed by atoms with Gasteiger partial charge in [-0.25, -0.2) is 14.4 Å². The van der Waals surface area contributed by atoms with Gasteiger partial charge in [0.25, 0.3) is 5.91 Å². The second-order valence-electron chi connectivity index (χ2n) is 6.74. The highest BCUT2D eigenvalue weighted by atomic mass is 19.1. The van der Waals surface area contributed by atoms with Gasteiger partial charge in [0.1, 0.15) is 23.5 Å². The summed E-state index contributed by atoms with van der Waals surface area (Å²) in [6, 6.07) is 12.7. The van der Waals surface area contributed by atoms with Crippen LogP contribution in [0.25, 0.3) is 0 Å². The molecule has 1 heterocycles. The van der Waals surface area contributed by atoms with Crippen LogP contribution in [0.3, 0.4) is 0 Å². The van der Waals surface area contributed by atoms with E-state index in [1.54, 1.807) is 13.8 Å². The van der Waals surface area contributed by atoms with Gasteiger partial charge in [-0.1, -0.05) is 24.3 Å². The van der Waals surface area contributed by atoms with E-state index in [9.17, 15) is 14.3 Å². The molecule has 0 aliphatic rings. The number of amides is 1. The normalized spacial score (nSPS) is 11.1. The Balaban J connectivity index is 1.68. The van der Waals surface area contributed by atoms with Crippen LogP contribution < -0.4 is 10.1 Å². The van der Waals surface area contributed by atoms with E-state index in [1.165, 1.54) is 36.8 Å². The van der Waals surface area contributed by atoms with Gasteiger partial charge in [0.2, 0.25) is 5.88 Å². The number of hydrogen-bond acceptors (Lipinski definition) is 5. The van der Waals surface area contributed by atoms with Crippen LogP contribution in [0.15, 0.2) is 61.1 Å². The molecular weight excluding hydrogens is 361 g/mol. The van der Waals surface area contributed by atoms with Crippen molar-refractivity contribution in [1.82, 2.24) is 15.3 Å². The molecule has 6 nitrogen and oxygen atoms in total. The Kier molecular flexibility index (Phi) is 5.65. The molecule has 144 valence electrons. The molecule has 0 bridgehead atoms. The predicted octanol–water partition coefficient (Wildman–Crippen LogP) is 3.57. The van der Waals surface area contributed by atoms with Gasteiger partial charge in [-0.3, -0.25) is 4.79 Å². The molecule has 0 aliphatic carbocycles. The summed E-state index contributed by atoms with van der Waals surface area (Å²) < 4.78 is 18.6. The van der Waals surface area contributed by atoms with Gasteiger partial charge in [-0.05, 0) is 49.2 Å². The van der Waals surface area contributed by atoms with Gasteiger partial charge in [0.15, 0.2) is 0 Å². The molecule has 3 rings (SSSR count). The van der Waals surface area contributed by atoms with Gasteiger partial charge in [-0.2, -0.15) is 0 Å². The van der Waals surface area contributed by atoms with Crippen LogP contribution in [0.2, 0.25) is 0 Å². The van der Waals surface area contributed by atoms with Gasteiger partial charge in [0.05, 0.1) is 5.60 Å². The van der Waals surface area contributed by atoms with Crippen molar-refractivity contribution in [1.29, 1.82) is 0 Å². The largest absolute Gasteiger partial charge is 0.438 e. The zero-order valence-electron chi connectivity index (χ0n) is 15.5. The summed E-state index contributed by atoms with van der Waals surface area (Å²) in [6.07, 6.45) is 2.63. The van der Waals surface area contributed by atoms with Crippen molar-refractivity contribution >= 4 is 5.91 Å². The summed E-state index contributed by atoms with van der Waals surface area (Å²) in [5.74, 6) is -0.347. The van der Waals surface area contributed by atoms with E-state index in [1.807, 2.05) is 24.3 Å². The molecule has 0 fully saturated rings. The third-order valence-corrected chi connectivity index (χ3v) is 4.06. The fourth-order valence-electron chi connectivity index (χ4n) is 2.48. The fourth-order valence-corrected chi connectivity index (χ4v) is 2.48. The number of ether oxygens (including phenoxy) is 1. The van der Waals surface area contributed by atoms with E-state index in [0.29, 0.717) is 5.75 Å². The number of carbonyl (C=O) groups is 1. The van der Waals surface area contributed by atoms with Crippen LogP contribution in [0, 0.1) is 5.82 Å². The van der Waals surface area contributed by atoms with Gasteiger partial charge < -0.3 is 15.2 Å². The lowest BCUT2D eigenvalue weighted by atomic mass is 9.97. The highest BCUT2D eigenvalue weighted by Crippen LogP contribution is 2.23. The summed E-state index contributed by atoms with van der Waals surface area (Å²) in [5.41, 5.74) is 0.906. The van der Waals surface area contributed by atoms with Gasteiger partial charge in [0, 0.05) is 12.7 Å². The number of carbonyl (C=O) groups excluding carboxylic acids is 1. The van der Waals surface area contributed by atoms with Crippen molar-refractivity contribution in [3.05, 3.63) is 83.6 Å². The second kappa shape index (κ2) is 8.14. The Labute approximate surface area is 162 Å². The third kappa shape index (κ3) is 4.89. The fraction of sp³-hybridized carbons (Fsp3) is 0.190. The first kappa shape index (κ1) is 19.4. The molecule has 1 aromatic heterocycles. The van der Waals surface area contributed by atoms with Crippen molar-refractivity contribution in [2.75, 3.05) is 0 Å². The lowest BCUT2D eigenvalue weighted by molar-refractivity contribution is 0.0785. The molecule has 0 radical (unpaired) electrons. The van der Waals surface area contributed by atoms with Crippen LogP contribution in [-0.4, -0.2) is 21.0 Å². The molecule has 28 heavy (non-hydrogen) atoms. The first-order valence-electron chi connectivity index (χ1n) is 8.66. The number of nitrogens with zero attached hydrogens (tertiary/aromatic N) is 2. The highest BCUT2D eigenvalue weighted by molar-refractivity contribution is 5.96. The maximum absolute atomic E-state index is 13.0. The Morgan fingerprint density at radius 1 is 1.14 bits per heavy atom. The monoisotopic (exact) mass is 381 g/mol. The highest BCUT2D eigenvalue weighted by Gasteiger charge is 2.17. The molecule has 2 N–H and O–H groups in total. The Hall–Kier alpha value is -3.32. The average Bonchev–Trinajstić information content (AvgIpc) is 2.68. The molecule has 7 heteroatoms. The zero-order valence-corrected chi connectivity index (χ0v) is 15.5. The van der Waals surface area contributed by atoms with Crippen molar-refractivity contribution in [2.24, 2.45) is 0 Å². The predicted molar refractivity (Wildman–Crippen MR) is 101 cm³/mol. The van der Waals surface area contributed by atoms with Crippen molar-refractivity contribution in [3.63, 3.8) is 0 Å². The standard InChI is InChI=1S/C21H20FN3O3/c1-21(2,27)15-5-3-14(4-6-15)11-24-19(26)18-12-23-13-25-20(18)28-17-9-7-16(22)8-10-17/h3-10,12-13,27H,11H2,1-2H3,(H,24,26). The maximum atomic E-state index is 13.0. The number of hydrogen-bond donors (Lipinski definition) is 2. The summed E-state index contributed by atoms with van der Waals surface area (Å²) in [6.45, 7) is 3.71. The van der Waals surface area contributed by atoms with E-state index in [0.717, 1.165) is 11.1 Å². The van der Waals surface area contributed by atoms with E-state index in [-0.39, 0.29) is 23.8 Å². The van der Waals surface area contributed by atoms with Crippen molar-refractivity contribution < 1.29 is 19.0 Å². The van der Waals surface area contributed by atoms with E-state index in [2.05, 4.69) is 15.3 Å². The molecule has 1 amide bonds. The van der Waals surface area contributed by atoms with E-state index < -0.39 is 11.5 Å². The minimum Gasteiger partial charge on any atom is -0.438 e. The number of rotatable bonds is 6. The first-order valence-corrected chi connectivity index (χ1v) is 8.66. The number of aliphatic hydroxyl groups is 1. The smallest absolute Gasteiger partial charge is 0.258 e. The van der Waals surface area contributed by atoms with E-state index in [4.69, 9.17) is 4.74 Å². The number of nitrogens with one attached hydrogen (secondary N) is 1. The Morgan fingerprint density at radius 3 is 2.46 bits per heavy atom. The SMILES string of the molecule is CC(C)(O)c1ccc(CNC(=O)c2cncnc2Oc2ccc(F)cc2)cc1. The number of halogens is 1.